The smallest absolute Gasteiger partial charge is 0.273 e. The molecule has 2 aromatic heterocycles. The van der Waals surface area contributed by atoms with Gasteiger partial charge in [-0.3, -0.25) is 9.59 Å². The minimum absolute atomic E-state index is 0.0208. The molecule has 4 aromatic rings. The summed E-state index contributed by atoms with van der Waals surface area (Å²) in [5, 5.41) is 2.73. The maximum absolute atomic E-state index is 13.4. The molecule has 2 amide bonds. The summed E-state index contributed by atoms with van der Waals surface area (Å²) < 4.78 is 7.38. The van der Waals surface area contributed by atoms with E-state index in [0.717, 1.165) is 52.8 Å². The fourth-order valence-electron chi connectivity index (χ4n) is 5.20. The van der Waals surface area contributed by atoms with Gasteiger partial charge >= 0.3 is 0 Å². The Labute approximate surface area is 245 Å². The number of ether oxygens (including phenoxy) is 1. The number of thiazole rings is 1. The summed E-state index contributed by atoms with van der Waals surface area (Å²) in [6.07, 6.45) is 2.89. The fraction of sp³-hybridized carbons (Fsp3) is 0.344. The average Bonchev–Trinajstić information content (AvgIpc) is 3.66. The second kappa shape index (κ2) is 13.0. The first-order chi connectivity index (χ1) is 20.0. The lowest BCUT2D eigenvalue weighted by Crippen LogP contribution is -2.48. The molecule has 1 saturated heterocycles. The van der Waals surface area contributed by atoms with E-state index in [2.05, 4.69) is 34.6 Å². The number of nitrogens with zero attached hydrogens (tertiary/aromatic N) is 5. The van der Waals surface area contributed by atoms with Gasteiger partial charge in [0.25, 0.3) is 11.8 Å². The van der Waals surface area contributed by atoms with Crippen LogP contribution in [0.1, 0.15) is 50.5 Å². The van der Waals surface area contributed by atoms with Crippen molar-refractivity contribution in [2.75, 3.05) is 44.7 Å². The quantitative estimate of drug-likeness (QED) is 0.258. The minimum atomic E-state index is -0.0208. The van der Waals surface area contributed by atoms with Gasteiger partial charge in [0.05, 0.1) is 20.2 Å². The summed E-state index contributed by atoms with van der Waals surface area (Å²) in [7, 11) is 1.66. The zero-order valence-electron chi connectivity index (χ0n) is 24.0. The van der Waals surface area contributed by atoms with Crippen molar-refractivity contribution in [1.82, 2.24) is 19.4 Å². The van der Waals surface area contributed by atoms with Gasteiger partial charge < -0.3 is 24.0 Å². The van der Waals surface area contributed by atoms with Crippen LogP contribution in [0.5, 0.6) is 5.75 Å². The lowest BCUT2D eigenvalue weighted by atomic mass is 10.1. The second-order valence-corrected chi connectivity index (χ2v) is 11.2. The molecule has 0 aliphatic carbocycles. The molecule has 2 aromatic carbocycles. The van der Waals surface area contributed by atoms with Gasteiger partial charge in [-0.05, 0) is 61.4 Å². The molecule has 1 aliphatic rings. The second-order valence-electron chi connectivity index (χ2n) is 10.3. The predicted octanol–water partition coefficient (Wildman–Crippen LogP) is 5.32. The first-order valence-electron chi connectivity index (χ1n) is 14.1. The number of aromatic nitrogens is 2. The van der Waals surface area contributed by atoms with Crippen molar-refractivity contribution in [3.8, 4) is 5.75 Å². The lowest BCUT2D eigenvalue weighted by Gasteiger charge is -2.35. The van der Waals surface area contributed by atoms with Gasteiger partial charge in [0.15, 0.2) is 0 Å². The standard InChI is InChI=1S/C32H37N5O3S/c1-4-15-37(31(38)28-10-6-5-8-24(28)2)21-26-9-7-16-36(26)22-30-33-29(23-41-30)32(39)35-19-17-34(18-20-35)25-11-13-27(40-3)14-12-25/h5-14,16,23H,4,15,17-22H2,1-3H3. The van der Waals surface area contributed by atoms with E-state index in [0.29, 0.717) is 38.4 Å². The van der Waals surface area contributed by atoms with Gasteiger partial charge in [0, 0.05) is 61.2 Å². The molecule has 1 fully saturated rings. The summed E-state index contributed by atoms with van der Waals surface area (Å²) in [4.78, 5) is 37.4. The molecule has 0 bridgehead atoms. The minimum Gasteiger partial charge on any atom is -0.497 e. The van der Waals surface area contributed by atoms with Crippen molar-refractivity contribution in [2.24, 2.45) is 0 Å². The summed E-state index contributed by atoms with van der Waals surface area (Å²) in [5.41, 5.74) is 4.40. The van der Waals surface area contributed by atoms with Crippen molar-refractivity contribution in [3.63, 3.8) is 0 Å². The van der Waals surface area contributed by atoms with E-state index >= 15 is 0 Å². The average molecular weight is 572 g/mol. The molecule has 0 radical (unpaired) electrons. The van der Waals surface area contributed by atoms with Crippen LogP contribution in [0.15, 0.2) is 72.2 Å². The maximum Gasteiger partial charge on any atom is 0.273 e. The Morgan fingerprint density at radius 1 is 1.00 bits per heavy atom. The van der Waals surface area contributed by atoms with Crippen LogP contribution in [0.3, 0.4) is 0 Å². The van der Waals surface area contributed by atoms with Gasteiger partial charge in [-0.1, -0.05) is 25.1 Å². The van der Waals surface area contributed by atoms with Crippen LogP contribution in [0.2, 0.25) is 0 Å². The summed E-state index contributed by atoms with van der Waals surface area (Å²) in [6.45, 7) is 8.68. The number of carbonyl (C=O) groups excluding carboxylic acids is 2. The highest BCUT2D eigenvalue weighted by Crippen LogP contribution is 2.22. The topological polar surface area (TPSA) is 70.9 Å². The van der Waals surface area contributed by atoms with E-state index < -0.39 is 0 Å². The van der Waals surface area contributed by atoms with E-state index in [-0.39, 0.29) is 11.8 Å². The monoisotopic (exact) mass is 571 g/mol. The molecule has 41 heavy (non-hydrogen) atoms. The van der Waals surface area contributed by atoms with Gasteiger partial charge in [-0.15, -0.1) is 11.3 Å². The molecule has 9 heteroatoms. The van der Waals surface area contributed by atoms with Crippen molar-refractivity contribution in [3.05, 3.63) is 99.8 Å². The number of aryl methyl sites for hydroxylation is 1. The molecule has 214 valence electrons. The molecule has 0 N–H and O–H groups in total. The molecular weight excluding hydrogens is 534 g/mol. The van der Waals surface area contributed by atoms with E-state index in [1.807, 2.05) is 70.8 Å². The fourth-order valence-corrected chi connectivity index (χ4v) is 5.96. The first kappa shape index (κ1) is 28.4. The van der Waals surface area contributed by atoms with E-state index in [4.69, 9.17) is 9.72 Å². The Kier molecular flexibility index (Phi) is 9.04. The van der Waals surface area contributed by atoms with Crippen molar-refractivity contribution in [1.29, 1.82) is 0 Å². The molecule has 3 heterocycles. The Morgan fingerprint density at radius 3 is 2.46 bits per heavy atom. The summed E-state index contributed by atoms with van der Waals surface area (Å²) in [5.74, 6) is 0.863. The van der Waals surface area contributed by atoms with Crippen molar-refractivity contribution < 1.29 is 14.3 Å². The van der Waals surface area contributed by atoms with Crippen LogP contribution in [-0.2, 0) is 13.1 Å². The van der Waals surface area contributed by atoms with Crippen LogP contribution in [0.25, 0.3) is 0 Å². The zero-order chi connectivity index (χ0) is 28.8. The number of hydrogen-bond acceptors (Lipinski definition) is 6. The molecule has 5 rings (SSSR count). The number of methoxy groups -OCH3 is 1. The number of piperazine rings is 1. The molecule has 0 atom stereocenters. The van der Waals surface area contributed by atoms with Gasteiger partial charge in [0.2, 0.25) is 0 Å². The number of rotatable bonds is 10. The van der Waals surface area contributed by atoms with Gasteiger partial charge in [-0.25, -0.2) is 4.98 Å². The number of carbonyl (C=O) groups is 2. The molecule has 0 saturated carbocycles. The zero-order valence-corrected chi connectivity index (χ0v) is 24.8. The Bertz CT molecular complexity index is 1470. The van der Waals surface area contributed by atoms with E-state index in [1.54, 1.807) is 7.11 Å². The highest BCUT2D eigenvalue weighted by molar-refractivity contribution is 7.09. The third-order valence-corrected chi connectivity index (χ3v) is 8.35. The maximum atomic E-state index is 13.4. The third-order valence-electron chi connectivity index (χ3n) is 7.51. The summed E-state index contributed by atoms with van der Waals surface area (Å²) in [6, 6.07) is 19.8. The highest BCUT2D eigenvalue weighted by Gasteiger charge is 2.24. The third kappa shape index (κ3) is 6.62. The molecule has 1 aliphatic heterocycles. The van der Waals surface area contributed by atoms with Crippen molar-refractivity contribution >= 4 is 28.8 Å². The van der Waals surface area contributed by atoms with Crippen LogP contribution in [0.4, 0.5) is 5.69 Å². The lowest BCUT2D eigenvalue weighted by molar-refractivity contribution is 0.0732. The molecule has 0 spiro atoms. The van der Waals surface area contributed by atoms with E-state index in [1.165, 1.54) is 11.3 Å². The SMILES string of the molecule is CCCN(Cc1cccn1Cc1nc(C(=O)N2CCN(c3ccc(OC)cc3)CC2)cs1)C(=O)c1ccccc1C. The Balaban J connectivity index is 1.20. The predicted molar refractivity (Wildman–Crippen MR) is 163 cm³/mol. The normalized spacial score (nSPS) is 13.3. The highest BCUT2D eigenvalue weighted by atomic mass is 32.1. The Hall–Kier alpha value is -4.11. The van der Waals surface area contributed by atoms with Gasteiger partial charge in [0.1, 0.15) is 16.5 Å². The van der Waals surface area contributed by atoms with Crippen LogP contribution in [-0.4, -0.2) is 71.0 Å². The number of benzene rings is 2. The first-order valence-corrected chi connectivity index (χ1v) is 15.0. The molecular formula is C32H37N5O3S. The number of hydrogen-bond donors (Lipinski definition) is 0. The molecule has 0 unspecified atom stereocenters. The molecule has 8 nitrogen and oxygen atoms in total. The van der Waals surface area contributed by atoms with Crippen LogP contribution in [0, 0.1) is 6.92 Å². The van der Waals surface area contributed by atoms with Crippen LogP contribution >= 0.6 is 11.3 Å². The van der Waals surface area contributed by atoms with Crippen LogP contribution < -0.4 is 9.64 Å². The number of amides is 2. The summed E-state index contributed by atoms with van der Waals surface area (Å²) >= 11 is 1.50. The Morgan fingerprint density at radius 2 is 1.76 bits per heavy atom. The van der Waals surface area contributed by atoms with Gasteiger partial charge in [-0.2, -0.15) is 0 Å². The largest absolute Gasteiger partial charge is 0.497 e. The van der Waals surface area contributed by atoms with E-state index in [9.17, 15) is 9.59 Å². The number of anilines is 1. The van der Waals surface area contributed by atoms with Crippen molar-refractivity contribution in [2.45, 2.75) is 33.4 Å².